The molecule has 0 aliphatic heterocycles. The Morgan fingerprint density at radius 2 is 2.15 bits per heavy atom. The maximum atomic E-state index is 12.0. The van der Waals surface area contributed by atoms with Crippen molar-refractivity contribution in [2.45, 2.75) is 26.8 Å². The van der Waals surface area contributed by atoms with Crippen LogP contribution < -0.4 is 5.32 Å². The summed E-state index contributed by atoms with van der Waals surface area (Å²) in [7, 11) is 3.27. The Bertz CT molecular complexity index is 427. The molecule has 114 valence electrons. The van der Waals surface area contributed by atoms with E-state index in [1.54, 1.807) is 10.9 Å². The number of hydrogen-bond acceptors (Lipinski definition) is 5. The van der Waals surface area contributed by atoms with Crippen molar-refractivity contribution in [1.82, 2.24) is 20.0 Å². The highest BCUT2D eigenvalue weighted by Crippen LogP contribution is 2.17. The van der Waals surface area contributed by atoms with Gasteiger partial charge in [0.25, 0.3) is 0 Å². The van der Waals surface area contributed by atoms with Crippen LogP contribution in [-0.2, 0) is 16.6 Å². The monoisotopic (exact) mass is 282 g/mol. The first-order valence-corrected chi connectivity index (χ1v) is 7.07. The van der Waals surface area contributed by atoms with Crippen LogP contribution in [-0.4, -0.2) is 53.9 Å². The number of aromatic nitrogens is 2. The third-order valence-electron chi connectivity index (χ3n) is 3.69. The number of nitrogens with one attached hydrogen (secondary N) is 1. The first-order chi connectivity index (χ1) is 9.54. The molecule has 20 heavy (non-hydrogen) atoms. The number of carbonyl (C=O) groups is 1. The zero-order valence-electron chi connectivity index (χ0n) is 13.1. The van der Waals surface area contributed by atoms with Gasteiger partial charge in [-0.05, 0) is 20.0 Å². The Morgan fingerprint density at radius 3 is 2.60 bits per heavy atom. The van der Waals surface area contributed by atoms with Gasteiger partial charge in [-0.1, -0.05) is 13.8 Å². The second-order valence-corrected chi connectivity index (χ2v) is 4.75. The summed E-state index contributed by atoms with van der Waals surface area (Å²) in [6.07, 6.45) is 1.72. The van der Waals surface area contributed by atoms with Crippen LogP contribution in [0, 0.1) is 6.92 Å². The topological polar surface area (TPSA) is 59.4 Å². The zero-order valence-corrected chi connectivity index (χ0v) is 13.1. The minimum absolute atomic E-state index is 0.277. The Balaban J connectivity index is 2.71. The van der Waals surface area contributed by atoms with Gasteiger partial charge < -0.3 is 9.64 Å². The van der Waals surface area contributed by atoms with Gasteiger partial charge in [-0.15, -0.1) is 0 Å². The molecule has 1 N–H and O–H groups in total. The molecule has 0 radical (unpaired) electrons. The van der Waals surface area contributed by atoms with Crippen LogP contribution in [0.4, 0.5) is 0 Å². The summed E-state index contributed by atoms with van der Waals surface area (Å²) in [6, 6.07) is -0.454. The molecule has 0 saturated carbocycles. The highest BCUT2D eigenvalue weighted by Gasteiger charge is 2.24. The van der Waals surface area contributed by atoms with Gasteiger partial charge in [0.2, 0.25) is 0 Å². The van der Waals surface area contributed by atoms with Gasteiger partial charge in [0, 0.05) is 31.4 Å². The minimum atomic E-state index is -0.454. The fourth-order valence-electron chi connectivity index (χ4n) is 2.14. The smallest absolute Gasteiger partial charge is 0.327 e. The molecule has 1 atom stereocenters. The second kappa shape index (κ2) is 8.01. The van der Waals surface area contributed by atoms with Crippen molar-refractivity contribution >= 4 is 5.97 Å². The normalized spacial score (nSPS) is 12.7. The lowest BCUT2D eigenvalue weighted by molar-refractivity contribution is -0.143. The highest BCUT2D eigenvalue weighted by atomic mass is 16.5. The summed E-state index contributed by atoms with van der Waals surface area (Å²) >= 11 is 0. The highest BCUT2D eigenvalue weighted by molar-refractivity contribution is 5.77. The maximum absolute atomic E-state index is 12.0. The van der Waals surface area contributed by atoms with Crippen LogP contribution in [0.3, 0.4) is 0 Å². The number of aryl methyl sites for hydroxylation is 1. The average molecular weight is 282 g/mol. The zero-order chi connectivity index (χ0) is 15.1. The van der Waals surface area contributed by atoms with Gasteiger partial charge >= 0.3 is 5.97 Å². The van der Waals surface area contributed by atoms with Crippen molar-refractivity contribution in [2.24, 2.45) is 7.05 Å². The molecule has 6 nitrogen and oxygen atoms in total. The molecule has 6 heteroatoms. The average Bonchev–Trinajstić information content (AvgIpc) is 2.79. The van der Waals surface area contributed by atoms with E-state index in [0.717, 1.165) is 37.4 Å². The summed E-state index contributed by atoms with van der Waals surface area (Å²) in [5.41, 5.74) is 1.84. The fourth-order valence-corrected chi connectivity index (χ4v) is 2.14. The molecule has 0 fully saturated rings. The summed E-state index contributed by atoms with van der Waals surface area (Å²) < 4.78 is 6.65. The molecule has 1 aromatic heterocycles. The predicted molar refractivity (Wildman–Crippen MR) is 78.5 cm³/mol. The second-order valence-electron chi connectivity index (χ2n) is 4.75. The summed E-state index contributed by atoms with van der Waals surface area (Å²) in [6.45, 7) is 9.86. The van der Waals surface area contributed by atoms with E-state index >= 15 is 0 Å². The Hall–Kier alpha value is -1.40. The number of carbonyl (C=O) groups excluding carboxylic acids is 1. The number of esters is 1. The van der Waals surface area contributed by atoms with Gasteiger partial charge in [-0.3, -0.25) is 10.00 Å². The van der Waals surface area contributed by atoms with E-state index in [1.165, 1.54) is 7.11 Å². The molecule has 1 rings (SSSR count). The van der Waals surface area contributed by atoms with Crippen molar-refractivity contribution in [3.8, 4) is 0 Å². The molecule has 1 heterocycles. The van der Waals surface area contributed by atoms with Crippen LogP contribution >= 0.6 is 0 Å². The van der Waals surface area contributed by atoms with Gasteiger partial charge in [0.05, 0.1) is 13.3 Å². The lowest BCUT2D eigenvalue weighted by atomic mass is 10.1. The van der Waals surface area contributed by atoms with Crippen molar-refractivity contribution in [1.29, 1.82) is 0 Å². The number of rotatable bonds is 8. The fraction of sp³-hybridized carbons (Fsp3) is 0.714. The summed E-state index contributed by atoms with van der Waals surface area (Å²) in [5, 5.41) is 7.46. The molecule has 0 bridgehead atoms. The SMILES string of the molecule is CCN(CC)CCNC(C(=O)OC)c1cnn(C)c1C. The van der Waals surface area contributed by atoms with E-state index in [-0.39, 0.29) is 5.97 Å². The standard InChI is InChI=1S/C14H26N4O2/c1-6-18(7-2)9-8-15-13(14(19)20-5)12-10-16-17(4)11(12)3/h10,13,15H,6-9H2,1-5H3. The molecule has 0 aromatic carbocycles. The summed E-state index contributed by atoms with van der Waals surface area (Å²) in [5.74, 6) is -0.277. The van der Waals surface area contributed by atoms with E-state index < -0.39 is 6.04 Å². The van der Waals surface area contributed by atoms with E-state index in [9.17, 15) is 4.79 Å². The van der Waals surface area contributed by atoms with Crippen LogP contribution in [0.25, 0.3) is 0 Å². The molecule has 0 amide bonds. The van der Waals surface area contributed by atoms with Crippen LogP contribution in [0.5, 0.6) is 0 Å². The third kappa shape index (κ3) is 4.05. The first-order valence-electron chi connectivity index (χ1n) is 7.07. The van der Waals surface area contributed by atoms with Crippen molar-refractivity contribution in [3.63, 3.8) is 0 Å². The van der Waals surface area contributed by atoms with Crippen LogP contribution in [0.15, 0.2) is 6.20 Å². The summed E-state index contributed by atoms with van der Waals surface area (Å²) in [4.78, 5) is 14.3. The molecule has 0 aliphatic rings. The van der Waals surface area contributed by atoms with Crippen molar-refractivity contribution < 1.29 is 9.53 Å². The molecule has 1 aromatic rings. The Labute approximate surface area is 121 Å². The van der Waals surface area contributed by atoms with Gasteiger partial charge in [-0.25, -0.2) is 4.79 Å². The van der Waals surface area contributed by atoms with E-state index in [0.29, 0.717) is 0 Å². The maximum Gasteiger partial charge on any atom is 0.327 e. The van der Waals surface area contributed by atoms with Gasteiger partial charge in [0.15, 0.2) is 0 Å². The third-order valence-corrected chi connectivity index (χ3v) is 3.69. The molecule has 0 aliphatic carbocycles. The van der Waals surface area contributed by atoms with Crippen molar-refractivity contribution in [3.05, 3.63) is 17.5 Å². The quantitative estimate of drug-likeness (QED) is 0.717. The molecule has 0 spiro atoms. The Kier molecular flexibility index (Phi) is 6.67. The van der Waals surface area contributed by atoms with Gasteiger partial charge in [-0.2, -0.15) is 5.10 Å². The number of nitrogens with zero attached hydrogens (tertiary/aromatic N) is 3. The predicted octanol–water partition coefficient (Wildman–Crippen LogP) is 0.874. The molecule has 0 saturated heterocycles. The van der Waals surface area contributed by atoms with E-state index in [2.05, 4.69) is 29.2 Å². The Morgan fingerprint density at radius 1 is 1.50 bits per heavy atom. The molecule has 1 unspecified atom stereocenters. The van der Waals surface area contributed by atoms with Crippen LogP contribution in [0.2, 0.25) is 0 Å². The number of likely N-dealkylation sites (N-methyl/N-ethyl adjacent to an activating group) is 1. The lowest BCUT2D eigenvalue weighted by Gasteiger charge is -2.21. The molecular weight excluding hydrogens is 256 g/mol. The van der Waals surface area contributed by atoms with Crippen LogP contribution in [0.1, 0.15) is 31.1 Å². The van der Waals surface area contributed by atoms with E-state index in [4.69, 9.17) is 4.74 Å². The van der Waals surface area contributed by atoms with Crippen molar-refractivity contribution in [2.75, 3.05) is 33.3 Å². The largest absolute Gasteiger partial charge is 0.468 e. The number of hydrogen-bond donors (Lipinski definition) is 1. The first kappa shape index (κ1) is 16.7. The van der Waals surface area contributed by atoms with E-state index in [1.807, 2.05) is 14.0 Å². The number of methoxy groups -OCH3 is 1. The number of ether oxygens (including phenoxy) is 1. The lowest BCUT2D eigenvalue weighted by Crippen LogP contribution is -2.37. The van der Waals surface area contributed by atoms with Gasteiger partial charge in [0.1, 0.15) is 6.04 Å². The molecular formula is C14H26N4O2. The minimum Gasteiger partial charge on any atom is -0.468 e.